The number of amides is 2. The second-order valence-electron chi connectivity index (χ2n) is 7.61. The maximum atomic E-state index is 12.1. The number of piperazine rings is 1. The third-order valence-corrected chi connectivity index (χ3v) is 5.56. The first kappa shape index (κ1) is 20.9. The zero-order valence-electron chi connectivity index (χ0n) is 18.1. The van der Waals surface area contributed by atoms with Crippen molar-refractivity contribution in [1.29, 1.82) is 0 Å². The van der Waals surface area contributed by atoms with E-state index in [0.29, 0.717) is 6.54 Å². The molecule has 0 spiro atoms. The van der Waals surface area contributed by atoms with Crippen molar-refractivity contribution < 1.29 is 9.53 Å². The van der Waals surface area contributed by atoms with Gasteiger partial charge in [0.25, 0.3) is 0 Å². The molecule has 0 radical (unpaired) electrons. The lowest BCUT2D eigenvalue weighted by atomic mass is 10.1. The van der Waals surface area contributed by atoms with Crippen LogP contribution < -0.4 is 10.1 Å². The first-order valence-electron chi connectivity index (χ1n) is 10.7. The molecule has 0 aliphatic carbocycles. The summed E-state index contributed by atoms with van der Waals surface area (Å²) < 4.78 is 7.25. The number of hydrogen-bond acceptors (Lipinski definition) is 4. The molecule has 7 nitrogen and oxygen atoms in total. The number of urea groups is 1. The van der Waals surface area contributed by atoms with Crippen molar-refractivity contribution in [3.8, 4) is 22.7 Å². The van der Waals surface area contributed by atoms with Gasteiger partial charge in [-0.25, -0.2) is 9.48 Å². The number of benzene rings is 2. The third kappa shape index (κ3) is 4.88. The molecule has 162 valence electrons. The highest BCUT2D eigenvalue weighted by Crippen LogP contribution is 2.27. The van der Waals surface area contributed by atoms with Gasteiger partial charge in [0.05, 0.1) is 18.5 Å². The molecule has 1 saturated heterocycles. The van der Waals surface area contributed by atoms with E-state index >= 15 is 0 Å². The van der Waals surface area contributed by atoms with E-state index in [9.17, 15) is 4.79 Å². The van der Waals surface area contributed by atoms with Crippen LogP contribution in [0.3, 0.4) is 0 Å². The number of rotatable bonds is 6. The molecular formula is C24H29N5O2. The van der Waals surface area contributed by atoms with Crippen LogP contribution >= 0.6 is 0 Å². The Morgan fingerprint density at radius 2 is 1.74 bits per heavy atom. The molecule has 0 atom stereocenters. The molecule has 1 N–H and O–H groups in total. The summed E-state index contributed by atoms with van der Waals surface area (Å²) in [7, 11) is 1.67. The minimum Gasteiger partial charge on any atom is -0.497 e. The van der Waals surface area contributed by atoms with Crippen molar-refractivity contribution in [1.82, 2.24) is 24.9 Å². The molecule has 0 saturated carbocycles. The zero-order valence-corrected chi connectivity index (χ0v) is 18.1. The Hall–Kier alpha value is -3.32. The Labute approximate surface area is 183 Å². The standard InChI is InChI=1S/C24H29N5O2/c1-3-25-24(30)28-15-13-27(14-16-28)17-20-18-29(21-7-5-4-6-8-21)26-23(20)19-9-11-22(31-2)12-10-19/h4-12,18H,3,13-17H2,1-2H3,(H,25,30). The van der Waals surface area contributed by atoms with Gasteiger partial charge >= 0.3 is 6.03 Å². The molecule has 0 unspecified atom stereocenters. The molecule has 2 amide bonds. The van der Waals surface area contributed by atoms with Crippen LogP contribution in [0.1, 0.15) is 12.5 Å². The SMILES string of the molecule is CCNC(=O)N1CCN(Cc2cn(-c3ccccc3)nc2-c2ccc(OC)cc2)CC1. The van der Waals surface area contributed by atoms with E-state index in [-0.39, 0.29) is 6.03 Å². The molecule has 4 rings (SSSR count). The number of methoxy groups -OCH3 is 1. The first-order chi connectivity index (χ1) is 15.2. The van der Waals surface area contributed by atoms with Crippen LogP contribution in [-0.4, -0.2) is 65.4 Å². The summed E-state index contributed by atoms with van der Waals surface area (Å²) in [5.41, 5.74) is 4.23. The Kier molecular flexibility index (Phi) is 6.52. The highest BCUT2D eigenvalue weighted by atomic mass is 16.5. The summed E-state index contributed by atoms with van der Waals surface area (Å²) in [4.78, 5) is 16.4. The average Bonchev–Trinajstić information content (AvgIpc) is 3.24. The number of aromatic nitrogens is 2. The number of carbonyl (C=O) groups excluding carboxylic acids is 1. The van der Waals surface area contributed by atoms with E-state index in [2.05, 4.69) is 28.5 Å². The molecular weight excluding hydrogens is 390 g/mol. The summed E-state index contributed by atoms with van der Waals surface area (Å²) in [5.74, 6) is 0.828. The Bertz CT molecular complexity index is 993. The molecule has 1 fully saturated rings. The highest BCUT2D eigenvalue weighted by molar-refractivity contribution is 5.74. The molecule has 3 aromatic rings. The van der Waals surface area contributed by atoms with Gasteiger partial charge in [0, 0.05) is 56.6 Å². The molecule has 1 aliphatic rings. The van der Waals surface area contributed by atoms with Gasteiger partial charge in [-0.15, -0.1) is 0 Å². The molecule has 1 aliphatic heterocycles. The minimum atomic E-state index is 0.0259. The lowest BCUT2D eigenvalue weighted by molar-refractivity contribution is 0.135. The summed E-state index contributed by atoms with van der Waals surface area (Å²) >= 11 is 0. The quantitative estimate of drug-likeness (QED) is 0.665. The summed E-state index contributed by atoms with van der Waals surface area (Å²) in [5, 5.41) is 7.80. The molecule has 31 heavy (non-hydrogen) atoms. The Morgan fingerprint density at radius 1 is 1.03 bits per heavy atom. The average molecular weight is 420 g/mol. The van der Waals surface area contributed by atoms with Crippen molar-refractivity contribution >= 4 is 6.03 Å². The van der Waals surface area contributed by atoms with Crippen LogP contribution in [-0.2, 0) is 6.54 Å². The molecule has 0 bridgehead atoms. The van der Waals surface area contributed by atoms with Crippen molar-refractivity contribution in [3.05, 3.63) is 66.4 Å². The predicted molar refractivity (Wildman–Crippen MR) is 121 cm³/mol. The van der Waals surface area contributed by atoms with Gasteiger partial charge in [-0.1, -0.05) is 18.2 Å². The normalized spacial score (nSPS) is 14.5. The number of nitrogens with zero attached hydrogens (tertiary/aromatic N) is 4. The lowest BCUT2D eigenvalue weighted by Gasteiger charge is -2.34. The largest absolute Gasteiger partial charge is 0.497 e. The van der Waals surface area contributed by atoms with Gasteiger partial charge in [0.2, 0.25) is 0 Å². The van der Waals surface area contributed by atoms with E-state index in [4.69, 9.17) is 9.84 Å². The number of hydrogen-bond donors (Lipinski definition) is 1. The zero-order chi connectivity index (χ0) is 21.6. The third-order valence-electron chi connectivity index (χ3n) is 5.56. The van der Waals surface area contributed by atoms with Gasteiger partial charge in [-0.05, 0) is 43.3 Å². The van der Waals surface area contributed by atoms with Crippen LogP contribution in [0.15, 0.2) is 60.8 Å². The van der Waals surface area contributed by atoms with Crippen LogP contribution in [0.2, 0.25) is 0 Å². The van der Waals surface area contributed by atoms with Crippen LogP contribution in [0, 0.1) is 0 Å². The van der Waals surface area contributed by atoms with E-state index in [0.717, 1.165) is 55.4 Å². The van der Waals surface area contributed by atoms with Gasteiger partial charge in [0.1, 0.15) is 5.75 Å². The number of carbonyl (C=O) groups is 1. The van der Waals surface area contributed by atoms with Gasteiger partial charge in [0.15, 0.2) is 0 Å². The lowest BCUT2D eigenvalue weighted by Crippen LogP contribution is -2.51. The van der Waals surface area contributed by atoms with Crippen molar-refractivity contribution in [2.75, 3.05) is 39.8 Å². The predicted octanol–water partition coefficient (Wildman–Crippen LogP) is 3.40. The van der Waals surface area contributed by atoms with Crippen LogP contribution in [0.5, 0.6) is 5.75 Å². The maximum absolute atomic E-state index is 12.1. The van der Waals surface area contributed by atoms with E-state index in [1.54, 1.807) is 7.11 Å². The van der Waals surface area contributed by atoms with Crippen molar-refractivity contribution in [3.63, 3.8) is 0 Å². The number of para-hydroxylation sites is 1. The Morgan fingerprint density at radius 3 is 2.39 bits per heavy atom. The van der Waals surface area contributed by atoms with Crippen LogP contribution in [0.4, 0.5) is 4.79 Å². The smallest absolute Gasteiger partial charge is 0.317 e. The topological polar surface area (TPSA) is 62.6 Å². The molecule has 2 aromatic carbocycles. The minimum absolute atomic E-state index is 0.0259. The summed E-state index contributed by atoms with van der Waals surface area (Å²) in [6, 6.07) is 18.2. The van der Waals surface area contributed by atoms with E-state index in [1.807, 2.05) is 59.0 Å². The maximum Gasteiger partial charge on any atom is 0.317 e. The molecule has 2 heterocycles. The highest BCUT2D eigenvalue weighted by Gasteiger charge is 2.22. The van der Waals surface area contributed by atoms with Gasteiger partial charge in [-0.3, -0.25) is 4.90 Å². The number of nitrogens with one attached hydrogen (secondary N) is 1. The monoisotopic (exact) mass is 419 g/mol. The van der Waals surface area contributed by atoms with Gasteiger partial charge in [-0.2, -0.15) is 5.10 Å². The van der Waals surface area contributed by atoms with E-state index in [1.165, 1.54) is 5.56 Å². The second-order valence-corrected chi connectivity index (χ2v) is 7.61. The molecule has 7 heteroatoms. The first-order valence-corrected chi connectivity index (χ1v) is 10.7. The van der Waals surface area contributed by atoms with Crippen molar-refractivity contribution in [2.45, 2.75) is 13.5 Å². The van der Waals surface area contributed by atoms with Crippen LogP contribution in [0.25, 0.3) is 16.9 Å². The number of ether oxygens (including phenoxy) is 1. The fraction of sp³-hybridized carbons (Fsp3) is 0.333. The van der Waals surface area contributed by atoms with Gasteiger partial charge < -0.3 is 15.0 Å². The van der Waals surface area contributed by atoms with E-state index < -0.39 is 0 Å². The Balaban J connectivity index is 1.56. The fourth-order valence-electron chi connectivity index (χ4n) is 3.84. The summed E-state index contributed by atoms with van der Waals surface area (Å²) in [6.07, 6.45) is 2.12. The second kappa shape index (κ2) is 9.66. The van der Waals surface area contributed by atoms with Crippen molar-refractivity contribution in [2.24, 2.45) is 0 Å². The molecule has 1 aromatic heterocycles. The summed E-state index contributed by atoms with van der Waals surface area (Å²) in [6.45, 7) is 6.54. The fourth-order valence-corrected chi connectivity index (χ4v) is 3.84.